The van der Waals surface area contributed by atoms with Crippen molar-refractivity contribution in [3.8, 4) is 0 Å². The summed E-state index contributed by atoms with van der Waals surface area (Å²) < 4.78 is 24.4. The normalized spacial score (nSPS) is 10.8. The minimum atomic E-state index is -3.41. The molecule has 7 heteroatoms. The molecule has 0 aliphatic carbocycles. The number of hydrogen-bond acceptors (Lipinski definition) is 4. The van der Waals surface area contributed by atoms with Gasteiger partial charge in [-0.25, -0.2) is 13.1 Å². The first-order chi connectivity index (χ1) is 9.48. The monoisotopic (exact) mass is 296 g/mol. The SMILES string of the molecule is C=CS(=O)(=O)NCCCNC(=O)c1ccc(C=O)cc1. The number of hydrogen-bond donors (Lipinski definition) is 2. The Hall–Kier alpha value is -1.99. The van der Waals surface area contributed by atoms with E-state index in [1.807, 2.05) is 0 Å². The van der Waals surface area contributed by atoms with E-state index in [1.54, 1.807) is 24.3 Å². The molecule has 6 nitrogen and oxygen atoms in total. The summed E-state index contributed by atoms with van der Waals surface area (Å²) in [7, 11) is -3.41. The smallest absolute Gasteiger partial charge is 0.251 e. The van der Waals surface area contributed by atoms with Crippen molar-refractivity contribution in [2.45, 2.75) is 6.42 Å². The van der Waals surface area contributed by atoms with E-state index in [4.69, 9.17) is 0 Å². The minimum absolute atomic E-state index is 0.221. The molecule has 2 N–H and O–H groups in total. The average molecular weight is 296 g/mol. The van der Waals surface area contributed by atoms with Gasteiger partial charge in [0.25, 0.3) is 5.91 Å². The molecule has 0 atom stereocenters. The van der Waals surface area contributed by atoms with Gasteiger partial charge in [0.1, 0.15) is 6.29 Å². The molecule has 0 saturated carbocycles. The lowest BCUT2D eigenvalue weighted by atomic mass is 10.1. The lowest BCUT2D eigenvalue weighted by molar-refractivity contribution is 0.0952. The van der Waals surface area contributed by atoms with E-state index in [0.29, 0.717) is 30.4 Å². The molecule has 1 aromatic carbocycles. The van der Waals surface area contributed by atoms with Gasteiger partial charge in [-0.2, -0.15) is 0 Å². The van der Waals surface area contributed by atoms with Crippen molar-refractivity contribution in [3.05, 3.63) is 47.4 Å². The summed E-state index contributed by atoms with van der Waals surface area (Å²) in [6, 6.07) is 6.22. The molecular weight excluding hydrogens is 280 g/mol. The lowest BCUT2D eigenvalue weighted by Crippen LogP contribution is -2.29. The highest BCUT2D eigenvalue weighted by Gasteiger charge is 2.05. The van der Waals surface area contributed by atoms with Gasteiger partial charge < -0.3 is 5.32 Å². The maximum atomic E-state index is 11.7. The predicted octanol–water partition coefficient (Wildman–Crippen LogP) is 0.682. The molecule has 1 rings (SSSR count). The van der Waals surface area contributed by atoms with E-state index in [0.717, 1.165) is 5.41 Å². The number of carbonyl (C=O) groups is 2. The molecule has 20 heavy (non-hydrogen) atoms. The van der Waals surface area contributed by atoms with E-state index in [1.165, 1.54) is 0 Å². The molecule has 1 amide bonds. The fourth-order valence-corrected chi connectivity index (χ4v) is 1.93. The number of carbonyl (C=O) groups excluding carboxylic acids is 2. The van der Waals surface area contributed by atoms with Gasteiger partial charge in [0.15, 0.2) is 0 Å². The second-order valence-electron chi connectivity index (χ2n) is 3.96. The number of nitrogens with one attached hydrogen (secondary N) is 2. The van der Waals surface area contributed by atoms with Crippen molar-refractivity contribution in [1.29, 1.82) is 0 Å². The Morgan fingerprint density at radius 1 is 1.20 bits per heavy atom. The Labute approximate surface area is 117 Å². The summed E-state index contributed by atoms with van der Waals surface area (Å²) in [6.45, 7) is 3.73. The number of aldehydes is 1. The topological polar surface area (TPSA) is 92.3 Å². The third-order valence-electron chi connectivity index (χ3n) is 2.47. The van der Waals surface area contributed by atoms with Crippen LogP contribution in [0.5, 0.6) is 0 Å². The van der Waals surface area contributed by atoms with Crippen molar-refractivity contribution in [2.24, 2.45) is 0 Å². The molecule has 108 valence electrons. The molecule has 0 saturated heterocycles. The van der Waals surface area contributed by atoms with Gasteiger partial charge in [-0.15, -0.1) is 0 Å². The van der Waals surface area contributed by atoms with Crippen LogP contribution in [0.4, 0.5) is 0 Å². The molecule has 1 aromatic rings. The fraction of sp³-hybridized carbons (Fsp3) is 0.231. The predicted molar refractivity (Wildman–Crippen MR) is 75.9 cm³/mol. The molecule has 0 aliphatic rings. The van der Waals surface area contributed by atoms with Crippen LogP contribution >= 0.6 is 0 Å². The van der Waals surface area contributed by atoms with E-state index in [-0.39, 0.29) is 12.5 Å². The van der Waals surface area contributed by atoms with Crippen molar-refractivity contribution < 1.29 is 18.0 Å². The summed E-state index contributed by atoms with van der Waals surface area (Å²) in [5.74, 6) is -0.269. The highest BCUT2D eigenvalue weighted by atomic mass is 32.2. The third-order valence-corrected chi connectivity index (χ3v) is 3.52. The van der Waals surface area contributed by atoms with Crippen LogP contribution in [0.2, 0.25) is 0 Å². The summed E-state index contributed by atoms with van der Waals surface area (Å²) in [5, 5.41) is 3.49. The van der Waals surface area contributed by atoms with Crippen LogP contribution in [0, 0.1) is 0 Å². The van der Waals surface area contributed by atoms with Crippen LogP contribution in [0.15, 0.2) is 36.3 Å². The van der Waals surface area contributed by atoms with Crippen LogP contribution < -0.4 is 10.0 Å². The minimum Gasteiger partial charge on any atom is -0.352 e. The quantitative estimate of drug-likeness (QED) is 0.545. The highest BCUT2D eigenvalue weighted by Crippen LogP contribution is 2.02. The van der Waals surface area contributed by atoms with Crippen LogP contribution in [-0.2, 0) is 10.0 Å². The second-order valence-corrected chi connectivity index (χ2v) is 5.67. The lowest BCUT2D eigenvalue weighted by Gasteiger charge is -2.06. The molecule has 0 aliphatic heterocycles. The highest BCUT2D eigenvalue weighted by molar-refractivity contribution is 7.92. The maximum absolute atomic E-state index is 11.7. The maximum Gasteiger partial charge on any atom is 0.251 e. The summed E-state index contributed by atoms with van der Waals surface area (Å²) in [6.07, 6.45) is 1.17. The van der Waals surface area contributed by atoms with E-state index >= 15 is 0 Å². The molecule has 0 bridgehead atoms. The van der Waals surface area contributed by atoms with Crippen molar-refractivity contribution in [2.75, 3.05) is 13.1 Å². The van der Waals surface area contributed by atoms with E-state index in [2.05, 4.69) is 16.6 Å². The summed E-state index contributed by atoms with van der Waals surface area (Å²) in [4.78, 5) is 22.2. The zero-order valence-corrected chi connectivity index (χ0v) is 11.7. The van der Waals surface area contributed by atoms with Crippen molar-refractivity contribution >= 4 is 22.2 Å². The van der Waals surface area contributed by atoms with Crippen LogP contribution in [-0.4, -0.2) is 33.7 Å². The molecule has 0 aromatic heterocycles. The Morgan fingerprint density at radius 3 is 2.40 bits per heavy atom. The number of rotatable bonds is 8. The number of sulfonamides is 1. The van der Waals surface area contributed by atoms with Gasteiger partial charge in [-0.1, -0.05) is 18.7 Å². The van der Waals surface area contributed by atoms with Crippen LogP contribution in [0.25, 0.3) is 0 Å². The Bertz CT molecular complexity index is 579. The van der Waals surface area contributed by atoms with Gasteiger partial charge in [-0.3, -0.25) is 9.59 Å². The average Bonchev–Trinajstić information content (AvgIpc) is 2.46. The second kappa shape index (κ2) is 7.56. The van der Waals surface area contributed by atoms with Crippen LogP contribution in [0.1, 0.15) is 27.1 Å². The zero-order chi connectivity index (χ0) is 15.0. The number of benzene rings is 1. The summed E-state index contributed by atoms with van der Waals surface area (Å²) >= 11 is 0. The van der Waals surface area contributed by atoms with Crippen molar-refractivity contribution in [1.82, 2.24) is 10.0 Å². The Morgan fingerprint density at radius 2 is 1.85 bits per heavy atom. The van der Waals surface area contributed by atoms with Crippen molar-refractivity contribution in [3.63, 3.8) is 0 Å². The first-order valence-corrected chi connectivity index (χ1v) is 7.48. The van der Waals surface area contributed by atoms with Gasteiger partial charge in [0.05, 0.1) is 0 Å². The van der Waals surface area contributed by atoms with E-state index < -0.39 is 10.0 Å². The first-order valence-electron chi connectivity index (χ1n) is 5.94. The number of amides is 1. The van der Waals surface area contributed by atoms with Gasteiger partial charge in [0.2, 0.25) is 10.0 Å². The largest absolute Gasteiger partial charge is 0.352 e. The van der Waals surface area contributed by atoms with Gasteiger partial charge in [0, 0.05) is 29.6 Å². The Kier molecular flexibility index (Phi) is 6.08. The molecule has 0 radical (unpaired) electrons. The summed E-state index contributed by atoms with van der Waals surface area (Å²) in [5.41, 5.74) is 0.947. The standard InChI is InChI=1S/C13H16N2O4S/c1-2-20(18,19)15-9-3-8-14-13(17)12-6-4-11(10-16)5-7-12/h2,4-7,10,15H,1,3,8-9H2,(H,14,17). The molecule has 0 unspecified atom stereocenters. The Balaban J connectivity index is 2.33. The molecular formula is C13H16N2O4S. The van der Waals surface area contributed by atoms with E-state index in [9.17, 15) is 18.0 Å². The van der Waals surface area contributed by atoms with Gasteiger partial charge >= 0.3 is 0 Å². The molecule has 0 heterocycles. The van der Waals surface area contributed by atoms with Gasteiger partial charge in [-0.05, 0) is 18.6 Å². The third kappa shape index (κ3) is 5.33. The molecule has 0 fully saturated rings. The fourth-order valence-electron chi connectivity index (χ4n) is 1.38. The first kappa shape index (κ1) is 16.1. The van der Waals surface area contributed by atoms with Crippen LogP contribution in [0.3, 0.4) is 0 Å². The molecule has 0 spiro atoms. The zero-order valence-electron chi connectivity index (χ0n) is 10.8.